The fourth-order valence-corrected chi connectivity index (χ4v) is 3.06. The van der Waals surface area contributed by atoms with Crippen molar-refractivity contribution < 1.29 is 4.90 Å². The van der Waals surface area contributed by atoms with Gasteiger partial charge in [0, 0.05) is 12.3 Å². The van der Waals surface area contributed by atoms with Crippen LogP contribution in [0.2, 0.25) is 0 Å². The molecule has 0 bridgehead atoms. The van der Waals surface area contributed by atoms with Gasteiger partial charge in [0.2, 0.25) is 0 Å². The lowest BCUT2D eigenvalue weighted by Gasteiger charge is -2.12. The first-order chi connectivity index (χ1) is 8.86. The molecule has 1 fully saturated rings. The van der Waals surface area contributed by atoms with Crippen LogP contribution < -0.4 is 4.90 Å². The van der Waals surface area contributed by atoms with Crippen molar-refractivity contribution in [2.24, 2.45) is 5.92 Å². The van der Waals surface area contributed by atoms with E-state index in [2.05, 4.69) is 13.8 Å². The molecule has 0 aromatic heterocycles. The maximum Gasteiger partial charge on any atom is 0.0801 e. The lowest BCUT2D eigenvalue weighted by atomic mass is 10.0. The Balaban J connectivity index is 0.00000137. The molecule has 106 valence electrons. The highest BCUT2D eigenvalue weighted by atomic mass is 15.1. The standard InChI is InChI=1S/C15H31N.CN/c1-3-5-6-7-8-9-12-16-13-11-15(14-16)10-4-2;1-2/h15H,3-14H2,1-2H3;/q;-1/p+1. The highest BCUT2D eigenvalue weighted by Gasteiger charge is 2.24. The van der Waals surface area contributed by atoms with Gasteiger partial charge in [-0.15, -0.1) is 0 Å². The molecule has 0 amide bonds. The number of rotatable bonds is 9. The van der Waals surface area contributed by atoms with Gasteiger partial charge in [0.25, 0.3) is 0 Å². The summed E-state index contributed by atoms with van der Waals surface area (Å²) in [6.07, 6.45) is 13.0. The summed E-state index contributed by atoms with van der Waals surface area (Å²) in [5.41, 5.74) is 0. The van der Waals surface area contributed by atoms with Gasteiger partial charge in [-0.3, -0.25) is 0 Å². The molecule has 2 heteroatoms. The molecule has 1 aliphatic heterocycles. The number of hydrogen-bond acceptors (Lipinski definition) is 1. The number of quaternary nitrogens is 1. The molecule has 2 atom stereocenters. The van der Waals surface area contributed by atoms with Crippen LogP contribution in [0.15, 0.2) is 0 Å². The van der Waals surface area contributed by atoms with E-state index < -0.39 is 0 Å². The fraction of sp³-hybridized carbons (Fsp3) is 0.938. The number of nitrogens with zero attached hydrogens (tertiary/aromatic N) is 1. The highest BCUT2D eigenvalue weighted by molar-refractivity contribution is 4.61. The van der Waals surface area contributed by atoms with Gasteiger partial charge in [-0.05, 0) is 19.3 Å². The second-order valence-corrected chi connectivity index (χ2v) is 5.67. The molecule has 1 saturated heterocycles. The summed E-state index contributed by atoms with van der Waals surface area (Å²) >= 11 is 0. The van der Waals surface area contributed by atoms with E-state index in [4.69, 9.17) is 11.8 Å². The quantitative estimate of drug-likeness (QED) is 0.495. The van der Waals surface area contributed by atoms with Gasteiger partial charge in [0.05, 0.1) is 19.6 Å². The van der Waals surface area contributed by atoms with E-state index in [0.717, 1.165) is 5.92 Å². The van der Waals surface area contributed by atoms with Crippen molar-refractivity contribution in [2.75, 3.05) is 19.6 Å². The minimum absolute atomic E-state index is 1.06. The Labute approximate surface area is 114 Å². The molecule has 0 saturated carbocycles. The minimum Gasteiger partial charge on any atom is -0.512 e. The van der Waals surface area contributed by atoms with Crippen molar-refractivity contribution in [1.82, 2.24) is 0 Å². The molecule has 1 heterocycles. The van der Waals surface area contributed by atoms with Crippen LogP contribution in [0, 0.1) is 17.8 Å². The van der Waals surface area contributed by atoms with Gasteiger partial charge in [0.1, 0.15) is 0 Å². The van der Waals surface area contributed by atoms with Crippen molar-refractivity contribution in [1.29, 1.82) is 5.26 Å². The predicted molar refractivity (Wildman–Crippen MR) is 76.9 cm³/mol. The number of likely N-dealkylation sites (tertiary alicyclic amines) is 1. The molecule has 1 N–H and O–H groups in total. The second-order valence-electron chi connectivity index (χ2n) is 5.67. The molecule has 1 aliphatic rings. The van der Waals surface area contributed by atoms with E-state index in [1.54, 1.807) is 0 Å². The number of unbranched alkanes of at least 4 members (excludes halogenated alkanes) is 5. The molecule has 2 nitrogen and oxygen atoms in total. The lowest BCUT2D eigenvalue weighted by molar-refractivity contribution is -0.889. The molecule has 0 aromatic rings. The SMILES string of the molecule is CCCCCCCC[NH+]1CCC(CCC)C1.[C-]#N. The van der Waals surface area contributed by atoms with Crippen molar-refractivity contribution >= 4 is 0 Å². The zero-order chi connectivity index (χ0) is 13.6. The first kappa shape index (κ1) is 17.4. The van der Waals surface area contributed by atoms with E-state index in [1.165, 1.54) is 77.4 Å². The van der Waals surface area contributed by atoms with Crippen molar-refractivity contribution in [3.8, 4) is 0 Å². The third kappa shape index (κ3) is 8.53. The number of hydrogen-bond donors (Lipinski definition) is 1. The Bertz CT molecular complexity index is 189. The molecule has 0 aliphatic carbocycles. The zero-order valence-corrected chi connectivity index (χ0v) is 12.5. The first-order valence-corrected chi connectivity index (χ1v) is 7.92. The maximum absolute atomic E-state index is 6.25. The average molecular weight is 252 g/mol. The Morgan fingerprint density at radius 1 is 1.00 bits per heavy atom. The van der Waals surface area contributed by atoms with Gasteiger partial charge >= 0.3 is 0 Å². The van der Waals surface area contributed by atoms with Gasteiger partial charge in [-0.1, -0.05) is 46.0 Å². The van der Waals surface area contributed by atoms with Crippen LogP contribution in [-0.2, 0) is 0 Å². The van der Waals surface area contributed by atoms with E-state index in [-0.39, 0.29) is 0 Å². The van der Waals surface area contributed by atoms with E-state index in [9.17, 15) is 0 Å². The molecule has 0 aromatic carbocycles. The summed E-state index contributed by atoms with van der Waals surface area (Å²) in [4.78, 5) is 1.90. The minimum atomic E-state index is 1.06. The Morgan fingerprint density at radius 3 is 2.33 bits per heavy atom. The third-order valence-corrected chi connectivity index (χ3v) is 4.06. The normalized spacial score (nSPS) is 22.4. The zero-order valence-electron chi connectivity index (χ0n) is 12.5. The summed E-state index contributed by atoms with van der Waals surface area (Å²) in [5, 5.41) is 6.25. The largest absolute Gasteiger partial charge is 0.512 e. The molecule has 0 spiro atoms. The van der Waals surface area contributed by atoms with Crippen LogP contribution in [0.4, 0.5) is 0 Å². The second kappa shape index (κ2) is 12.9. The number of nitrogens with one attached hydrogen (secondary N) is 1. The van der Waals surface area contributed by atoms with Crippen LogP contribution in [0.3, 0.4) is 0 Å². The summed E-state index contributed by atoms with van der Waals surface area (Å²) in [6.45, 7) is 13.8. The lowest BCUT2D eigenvalue weighted by Crippen LogP contribution is -3.10. The van der Waals surface area contributed by atoms with E-state index in [0.29, 0.717) is 0 Å². The molecular weight excluding hydrogens is 220 g/mol. The Morgan fingerprint density at radius 2 is 1.67 bits per heavy atom. The maximum atomic E-state index is 6.25. The third-order valence-electron chi connectivity index (χ3n) is 4.06. The van der Waals surface area contributed by atoms with E-state index in [1.807, 2.05) is 4.90 Å². The molecule has 0 radical (unpaired) electrons. The Hall–Kier alpha value is -0.550. The van der Waals surface area contributed by atoms with Crippen molar-refractivity contribution in [3.63, 3.8) is 0 Å². The van der Waals surface area contributed by atoms with Crippen LogP contribution >= 0.6 is 0 Å². The molecular formula is C16H32N2. The van der Waals surface area contributed by atoms with Crippen LogP contribution in [0.5, 0.6) is 0 Å². The first-order valence-electron chi connectivity index (χ1n) is 7.92. The Kier molecular flexibility index (Phi) is 12.5. The molecule has 18 heavy (non-hydrogen) atoms. The van der Waals surface area contributed by atoms with E-state index >= 15 is 0 Å². The van der Waals surface area contributed by atoms with Gasteiger partial charge < -0.3 is 16.7 Å². The molecule has 1 rings (SSSR count). The van der Waals surface area contributed by atoms with Gasteiger partial charge in [-0.2, -0.15) is 0 Å². The average Bonchev–Trinajstić information content (AvgIpc) is 2.84. The van der Waals surface area contributed by atoms with Crippen molar-refractivity contribution in [2.45, 2.75) is 71.6 Å². The van der Waals surface area contributed by atoms with Gasteiger partial charge in [0.15, 0.2) is 0 Å². The van der Waals surface area contributed by atoms with Crippen LogP contribution in [0.1, 0.15) is 71.6 Å². The van der Waals surface area contributed by atoms with Gasteiger partial charge in [-0.25, -0.2) is 0 Å². The van der Waals surface area contributed by atoms with Crippen LogP contribution in [0.25, 0.3) is 0 Å². The van der Waals surface area contributed by atoms with Crippen LogP contribution in [-0.4, -0.2) is 19.6 Å². The predicted octanol–water partition coefficient (Wildman–Crippen LogP) is 3.15. The summed E-state index contributed by atoms with van der Waals surface area (Å²) in [6, 6.07) is 0. The monoisotopic (exact) mass is 252 g/mol. The summed E-state index contributed by atoms with van der Waals surface area (Å²) < 4.78 is 0. The highest BCUT2D eigenvalue weighted by Crippen LogP contribution is 2.11. The fourth-order valence-electron chi connectivity index (χ4n) is 3.06. The molecule has 2 unspecified atom stereocenters. The summed E-state index contributed by atoms with van der Waals surface area (Å²) in [7, 11) is 0. The summed E-state index contributed by atoms with van der Waals surface area (Å²) in [5.74, 6) is 1.06. The van der Waals surface area contributed by atoms with Crippen molar-refractivity contribution in [3.05, 3.63) is 6.57 Å². The smallest absolute Gasteiger partial charge is 0.0801 e. The topological polar surface area (TPSA) is 28.2 Å².